The maximum absolute atomic E-state index is 12.5. The predicted molar refractivity (Wildman–Crippen MR) is 101 cm³/mol. The Kier molecular flexibility index (Phi) is 7.39. The average Bonchev–Trinajstić information content (AvgIpc) is 2.64. The summed E-state index contributed by atoms with van der Waals surface area (Å²) in [5, 5.41) is 17.4. The number of nitriles is 2. The van der Waals surface area contributed by atoms with Crippen molar-refractivity contribution in [3.05, 3.63) is 62.3 Å². The van der Waals surface area contributed by atoms with E-state index in [1.807, 2.05) is 18.2 Å². The van der Waals surface area contributed by atoms with Crippen LogP contribution in [-0.2, 0) is 4.74 Å². The number of halogens is 3. The van der Waals surface area contributed by atoms with Gasteiger partial charge >= 0.3 is 0 Å². The third kappa shape index (κ3) is 5.54. The molecule has 25 heavy (non-hydrogen) atoms. The summed E-state index contributed by atoms with van der Waals surface area (Å²) in [7, 11) is 0. The fourth-order valence-corrected chi connectivity index (χ4v) is 2.98. The molecule has 0 aromatic heterocycles. The van der Waals surface area contributed by atoms with Crippen LogP contribution in [0.15, 0.2) is 45.3 Å². The van der Waals surface area contributed by atoms with E-state index in [-0.39, 0.29) is 5.56 Å². The van der Waals surface area contributed by atoms with Gasteiger partial charge in [0.2, 0.25) is 0 Å². The molecular weight excluding hydrogens is 453 g/mol. The number of hydrogen-bond acceptors (Lipinski definition) is 4. The van der Waals surface area contributed by atoms with Crippen LogP contribution in [0.5, 0.6) is 0 Å². The predicted octanol–water partition coefficient (Wildman–Crippen LogP) is 4.62. The first-order valence-electron chi connectivity index (χ1n) is 7.42. The number of nitrogens with zero attached hydrogens (tertiary/aromatic N) is 3. The third-order valence-electron chi connectivity index (χ3n) is 3.48. The minimum atomic E-state index is -0.481. The van der Waals surface area contributed by atoms with Gasteiger partial charge < -0.3 is 9.64 Å². The first-order valence-corrected chi connectivity index (χ1v) is 9.01. The summed E-state index contributed by atoms with van der Waals surface area (Å²) in [6.07, 6.45) is 0. The number of hydrogen-bond donors (Lipinski definition) is 0. The Morgan fingerprint density at radius 2 is 1.48 bits per heavy atom. The van der Waals surface area contributed by atoms with Gasteiger partial charge in [0.1, 0.15) is 18.0 Å². The summed E-state index contributed by atoms with van der Waals surface area (Å²) >= 11 is 6.49. The molecule has 1 saturated heterocycles. The molecule has 2 aromatic rings. The van der Waals surface area contributed by atoms with Crippen molar-refractivity contribution in [2.45, 2.75) is 0 Å². The van der Waals surface area contributed by atoms with Crippen LogP contribution in [0, 0.1) is 28.5 Å². The van der Waals surface area contributed by atoms with Crippen LogP contribution in [0.4, 0.5) is 10.1 Å². The summed E-state index contributed by atoms with van der Waals surface area (Å²) in [6.45, 7) is 3.19. The van der Waals surface area contributed by atoms with Gasteiger partial charge in [0.05, 0.1) is 30.0 Å². The highest BCUT2D eigenvalue weighted by molar-refractivity contribution is 9.10. The second-order valence-electron chi connectivity index (χ2n) is 5.11. The maximum Gasteiger partial charge on any atom is 0.141 e. The molecule has 1 heterocycles. The molecule has 0 N–H and O–H groups in total. The lowest BCUT2D eigenvalue weighted by Crippen LogP contribution is -2.36. The Labute approximate surface area is 162 Å². The Morgan fingerprint density at radius 1 is 0.920 bits per heavy atom. The van der Waals surface area contributed by atoms with E-state index in [0.717, 1.165) is 36.5 Å². The van der Waals surface area contributed by atoms with Gasteiger partial charge in [-0.3, -0.25) is 0 Å². The van der Waals surface area contributed by atoms with Gasteiger partial charge in [0.25, 0.3) is 0 Å². The van der Waals surface area contributed by atoms with Crippen LogP contribution in [0.1, 0.15) is 11.1 Å². The number of ether oxygens (including phenoxy) is 1. The molecule has 0 bridgehead atoms. The molecule has 1 fully saturated rings. The van der Waals surface area contributed by atoms with Crippen LogP contribution < -0.4 is 4.90 Å². The smallest absolute Gasteiger partial charge is 0.141 e. The van der Waals surface area contributed by atoms with Crippen molar-refractivity contribution in [1.29, 1.82) is 10.5 Å². The summed E-state index contributed by atoms with van der Waals surface area (Å²) in [6, 6.07) is 14.0. The molecule has 0 aliphatic carbocycles. The quantitative estimate of drug-likeness (QED) is 0.615. The second kappa shape index (κ2) is 9.53. The Balaban J connectivity index is 0.000000196. The van der Waals surface area contributed by atoms with Gasteiger partial charge in [-0.15, -0.1) is 0 Å². The van der Waals surface area contributed by atoms with Crippen molar-refractivity contribution >= 4 is 37.5 Å². The van der Waals surface area contributed by atoms with E-state index in [0.29, 0.717) is 10.0 Å². The average molecular weight is 467 g/mol. The van der Waals surface area contributed by atoms with E-state index in [1.54, 1.807) is 12.1 Å². The molecule has 1 aliphatic heterocycles. The van der Waals surface area contributed by atoms with E-state index in [9.17, 15) is 4.39 Å². The highest BCUT2D eigenvalue weighted by atomic mass is 79.9. The Hall–Kier alpha value is -1.93. The highest BCUT2D eigenvalue weighted by Crippen LogP contribution is 2.24. The first-order chi connectivity index (χ1) is 12.0. The van der Waals surface area contributed by atoms with Crippen molar-refractivity contribution in [3.63, 3.8) is 0 Å². The van der Waals surface area contributed by atoms with Crippen LogP contribution in [0.2, 0.25) is 0 Å². The molecule has 0 amide bonds. The lowest BCUT2D eigenvalue weighted by molar-refractivity contribution is 0.122. The van der Waals surface area contributed by atoms with Crippen LogP contribution in [0.3, 0.4) is 0 Å². The number of benzene rings is 2. The molecule has 0 unspecified atom stereocenters. The van der Waals surface area contributed by atoms with E-state index in [4.69, 9.17) is 15.3 Å². The van der Waals surface area contributed by atoms with Crippen molar-refractivity contribution < 1.29 is 9.13 Å². The molecule has 4 nitrogen and oxygen atoms in total. The summed E-state index contributed by atoms with van der Waals surface area (Å²) in [5.74, 6) is -0.481. The summed E-state index contributed by atoms with van der Waals surface area (Å²) < 4.78 is 19.5. The lowest BCUT2D eigenvalue weighted by atomic mass is 10.1. The van der Waals surface area contributed by atoms with Crippen molar-refractivity contribution in [2.24, 2.45) is 0 Å². The van der Waals surface area contributed by atoms with E-state index >= 15 is 0 Å². The van der Waals surface area contributed by atoms with Crippen molar-refractivity contribution in [3.8, 4) is 12.1 Å². The van der Waals surface area contributed by atoms with Gasteiger partial charge in [-0.05, 0) is 36.4 Å². The SMILES string of the molecule is N#Cc1cc(Br)ccc1F.N#Cc1cc(Br)ccc1N1CCOCC1. The second-order valence-corrected chi connectivity index (χ2v) is 6.94. The van der Waals surface area contributed by atoms with Gasteiger partial charge in [-0.25, -0.2) is 4.39 Å². The monoisotopic (exact) mass is 465 g/mol. The molecule has 128 valence electrons. The van der Waals surface area contributed by atoms with E-state index < -0.39 is 5.82 Å². The molecule has 3 rings (SSSR count). The maximum atomic E-state index is 12.5. The normalized spacial score (nSPS) is 13.2. The lowest BCUT2D eigenvalue weighted by Gasteiger charge is -2.29. The standard InChI is InChI=1S/C11H11BrN2O.C7H3BrFN/c12-10-1-2-11(9(7-10)8-13)14-3-5-15-6-4-14;8-6-1-2-7(9)5(3-6)4-10/h1-2,7H,3-6H2;1-3H. The fraction of sp³-hybridized carbons (Fsp3) is 0.222. The summed E-state index contributed by atoms with van der Waals surface area (Å²) in [5.41, 5.74) is 1.78. The topological polar surface area (TPSA) is 60.0 Å². The van der Waals surface area contributed by atoms with E-state index in [1.165, 1.54) is 12.1 Å². The van der Waals surface area contributed by atoms with Crippen LogP contribution in [-0.4, -0.2) is 26.3 Å². The number of rotatable bonds is 1. The van der Waals surface area contributed by atoms with Gasteiger partial charge in [-0.2, -0.15) is 10.5 Å². The number of anilines is 1. The number of morpholine rings is 1. The molecule has 2 aromatic carbocycles. The highest BCUT2D eigenvalue weighted by Gasteiger charge is 2.14. The molecule has 0 spiro atoms. The Bertz CT molecular complexity index is 824. The van der Waals surface area contributed by atoms with Crippen molar-refractivity contribution in [1.82, 2.24) is 0 Å². The zero-order chi connectivity index (χ0) is 18.2. The van der Waals surface area contributed by atoms with Gasteiger partial charge in [0, 0.05) is 22.0 Å². The third-order valence-corrected chi connectivity index (χ3v) is 4.47. The fourth-order valence-electron chi connectivity index (χ4n) is 2.26. The van der Waals surface area contributed by atoms with Crippen LogP contribution in [0.25, 0.3) is 0 Å². The van der Waals surface area contributed by atoms with Gasteiger partial charge in [0.15, 0.2) is 0 Å². The molecule has 7 heteroatoms. The van der Waals surface area contributed by atoms with E-state index in [2.05, 4.69) is 42.8 Å². The molecule has 0 radical (unpaired) electrons. The summed E-state index contributed by atoms with van der Waals surface area (Å²) in [4.78, 5) is 2.19. The Morgan fingerprint density at radius 3 is 2.04 bits per heavy atom. The minimum absolute atomic E-state index is 0.0642. The van der Waals surface area contributed by atoms with Gasteiger partial charge in [-0.1, -0.05) is 31.9 Å². The molecule has 0 atom stereocenters. The minimum Gasteiger partial charge on any atom is -0.378 e. The van der Waals surface area contributed by atoms with Crippen LogP contribution >= 0.6 is 31.9 Å². The van der Waals surface area contributed by atoms with Crippen molar-refractivity contribution in [2.75, 3.05) is 31.2 Å². The zero-order valence-corrected chi connectivity index (χ0v) is 16.3. The first kappa shape index (κ1) is 19.4. The molecule has 0 saturated carbocycles. The largest absolute Gasteiger partial charge is 0.378 e. The molecule has 1 aliphatic rings. The molecular formula is C18H14Br2FN3O. The zero-order valence-electron chi connectivity index (χ0n) is 13.2.